The number of aryl methyl sites for hydroxylation is 1. The fraction of sp³-hybridized carbons (Fsp3) is 0.444. The summed E-state index contributed by atoms with van der Waals surface area (Å²) in [4.78, 5) is 20.6. The third kappa shape index (κ3) is 3.28. The van der Waals surface area contributed by atoms with Crippen molar-refractivity contribution in [2.24, 2.45) is 7.05 Å². The van der Waals surface area contributed by atoms with E-state index in [1.165, 1.54) is 0 Å². The van der Waals surface area contributed by atoms with Gasteiger partial charge in [-0.15, -0.1) is 0 Å². The van der Waals surface area contributed by atoms with Crippen molar-refractivity contribution in [2.45, 2.75) is 19.5 Å². The van der Waals surface area contributed by atoms with Crippen molar-refractivity contribution in [3.05, 3.63) is 48.0 Å². The maximum atomic E-state index is 11.9. The number of aromatic nitrogens is 2. The monoisotopic (exact) mass is 328 g/mol. The summed E-state index contributed by atoms with van der Waals surface area (Å²) in [7, 11) is 3.69. The van der Waals surface area contributed by atoms with Crippen LogP contribution in [0.4, 0.5) is 0 Å². The van der Waals surface area contributed by atoms with Crippen molar-refractivity contribution in [3.63, 3.8) is 0 Å². The van der Waals surface area contributed by atoms with Crippen molar-refractivity contribution < 1.29 is 9.53 Å². The Kier molecular flexibility index (Phi) is 4.85. The number of hydrogen-bond donors (Lipinski definition) is 0. The van der Waals surface area contributed by atoms with Gasteiger partial charge in [-0.25, -0.2) is 4.98 Å². The number of benzene rings is 1. The molecule has 2 heterocycles. The minimum absolute atomic E-state index is 0.0931. The quantitative estimate of drug-likeness (QED) is 0.859. The van der Waals surface area contributed by atoms with Crippen LogP contribution < -0.4 is 4.74 Å². The summed E-state index contributed by atoms with van der Waals surface area (Å²) >= 11 is 0. The fourth-order valence-electron chi connectivity index (χ4n) is 3.26. The predicted molar refractivity (Wildman–Crippen MR) is 91.6 cm³/mol. The summed E-state index contributed by atoms with van der Waals surface area (Å²) in [5.41, 5.74) is 1.11. The number of carbonyl (C=O) groups excluding carboxylic acids is 1. The van der Waals surface area contributed by atoms with E-state index in [-0.39, 0.29) is 11.9 Å². The molecule has 1 aliphatic rings. The third-order valence-electron chi connectivity index (χ3n) is 4.70. The lowest BCUT2D eigenvalue weighted by atomic mass is 10.0. The van der Waals surface area contributed by atoms with Gasteiger partial charge in [0.1, 0.15) is 11.6 Å². The Balaban J connectivity index is 1.91. The standard InChI is InChI=1S/C18H24N4O2/c1-14(23)21-10-11-22(13-18-19-8-9-20(18)2)16(12-21)15-6-4-5-7-17(15)24-3/h4-9,16H,10-13H2,1-3H3/t16-/m1/s1. The van der Waals surface area contributed by atoms with E-state index < -0.39 is 0 Å². The van der Waals surface area contributed by atoms with Gasteiger partial charge in [0.25, 0.3) is 0 Å². The molecule has 1 aromatic heterocycles. The molecule has 3 rings (SSSR count). The Morgan fingerprint density at radius 3 is 2.79 bits per heavy atom. The Morgan fingerprint density at radius 2 is 2.12 bits per heavy atom. The molecular weight excluding hydrogens is 304 g/mol. The summed E-state index contributed by atoms with van der Waals surface area (Å²) in [6.45, 7) is 4.60. The van der Waals surface area contributed by atoms with Crippen molar-refractivity contribution >= 4 is 5.91 Å². The van der Waals surface area contributed by atoms with E-state index in [4.69, 9.17) is 4.74 Å². The van der Waals surface area contributed by atoms with Gasteiger partial charge in [0.2, 0.25) is 5.91 Å². The van der Waals surface area contributed by atoms with E-state index in [0.717, 1.165) is 36.8 Å². The minimum atomic E-state index is 0.0931. The first-order chi connectivity index (χ1) is 11.6. The summed E-state index contributed by atoms with van der Waals surface area (Å²) < 4.78 is 7.59. The molecule has 24 heavy (non-hydrogen) atoms. The maximum absolute atomic E-state index is 11.9. The zero-order valence-electron chi connectivity index (χ0n) is 14.5. The summed E-state index contributed by atoms with van der Waals surface area (Å²) in [6.07, 6.45) is 3.78. The molecule has 1 saturated heterocycles. The molecule has 0 unspecified atom stereocenters. The lowest BCUT2D eigenvalue weighted by molar-refractivity contribution is -0.132. The third-order valence-corrected chi connectivity index (χ3v) is 4.70. The van der Waals surface area contributed by atoms with E-state index in [0.29, 0.717) is 6.54 Å². The number of piperazine rings is 1. The van der Waals surface area contributed by atoms with Crippen LogP contribution in [0.5, 0.6) is 5.75 Å². The number of amides is 1. The van der Waals surface area contributed by atoms with Gasteiger partial charge >= 0.3 is 0 Å². The van der Waals surface area contributed by atoms with Crippen molar-refractivity contribution in [3.8, 4) is 5.75 Å². The van der Waals surface area contributed by atoms with Crippen LogP contribution in [0.3, 0.4) is 0 Å². The fourth-order valence-corrected chi connectivity index (χ4v) is 3.26. The molecule has 0 radical (unpaired) electrons. The zero-order chi connectivity index (χ0) is 17.1. The number of methoxy groups -OCH3 is 1. The molecular formula is C18H24N4O2. The predicted octanol–water partition coefficient (Wildman–Crippen LogP) is 1.83. The molecule has 2 aromatic rings. The number of hydrogen-bond acceptors (Lipinski definition) is 4. The van der Waals surface area contributed by atoms with Gasteiger partial charge in [-0.1, -0.05) is 18.2 Å². The Hall–Kier alpha value is -2.34. The van der Waals surface area contributed by atoms with E-state index in [1.807, 2.05) is 47.1 Å². The van der Waals surface area contributed by atoms with Gasteiger partial charge in [0, 0.05) is 51.6 Å². The molecule has 6 heteroatoms. The van der Waals surface area contributed by atoms with Gasteiger partial charge in [-0.2, -0.15) is 0 Å². The largest absolute Gasteiger partial charge is 0.496 e. The van der Waals surface area contributed by atoms with E-state index in [1.54, 1.807) is 14.0 Å². The first kappa shape index (κ1) is 16.5. The SMILES string of the molecule is COc1ccccc1[C@H]1CN(C(C)=O)CCN1Cc1nccn1C. The molecule has 1 aliphatic heterocycles. The molecule has 0 spiro atoms. The first-order valence-electron chi connectivity index (χ1n) is 8.19. The van der Waals surface area contributed by atoms with Crippen LogP contribution in [-0.4, -0.2) is 52.0 Å². The van der Waals surface area contributed by atoms with Crippen LogP contribution in [0.15, 0.2) is 36.7 Å². The molecule has 0 aliphatic carbocycles. The highest BCUT2D eigenvalue weighted by molar-refractivity contribution is 5.73. The second kappa shape index (κ2) is 7.05. The van der Waals surface area contributed by atoms with Crippen molar-refractivity contribution in [1.82, 2.24) is 19.4 Å². The molecule has 128 valence electrons. The summed E-state index contributed by atoms with van der Waals surface area (Å²) in [5, 5.41) is 0. The highest BCUT2D eigenvalue weighted by Gasteiger charge is 2.31. The molecule has 0 N–H and O–H groups in total. The number of nitrogens with zero attached hydrogens (tertiary/aromatic N) is 4. The van der Waals surface area contributed by atoms with Crippen molar-refractivity contribution in [1.29, 1.82) is 0 Å². The van der Waals surface area contributed by atoms with E-state index in [9.17, 15) is 4.79 Å². The van der Waals surface area contributed by atoms with Crippen LogP contribution in [0.25, 0.3) is 0 Å². The minimum Gasteiger partial charge on any atom is -0.496 e. The lowest BCUT2D eigenvalue weighted by Gasteiger charge is -2.41. The number of para-hydroxylation sites is 1. The van der Waals surface area contributed by atoms with Crippen LogP contribution in [-0.2, 0) is 18.4 Å². The van der Waals surface area contributed by atoms with Crippen LogP contribution in [0.2, 0.25) is 0 Å². The van der Waals surface area contributed by atoms with Crippen LogP contribution in [0, 0.1) is 0 Å². The Labute approximate surface area is 142 Å². The van der Waals surface area contributed by atoms with E-state index in [2.05, 4.69) is 16.0 Å². The average Bonchev–Trinajstić information content (AvgIpc) is 3.00. The molecule has 1 aromatic carbocycles. The first-order valence-corrected chi connectivity index (χ1v) is 8.19. The van der Waals surface area contributed by atoms with Gasteiger partial charge < -0.3 is 14.2 Å². The highest BCUT2D eigenvalue weighted by Crippen LogP contribution is 2.32. The molecule has 0 bridgehead atoms. The second-order valence-electron chi connectivity index (χ2n) is 6.15. The molecule has 0 saturated carbocycles. The normalized spacial score (nSPS) is 18.6. The average molecular weight is 328 g/mol. The molecule has 6 nitrogen and oxygen atoms in total. The number of carbonyl (C=O) groups is 1. The number of ether oxygens (including phenoxy) is 1. The van der Waals surface area contributed by atoms with Crippen LogP contribution in [0.1, 0.15) is 24.4 Å². The summed E-state index contributed by atoms with van der Waals surface area (Å²) in [5.74, 6) is 2.00. The molecule has 1 atom stereocenters. The van der Waals surface area contributed by atoms with Gasteiger partial charge in [0.15, 0.2) is 0 Å². The number of imidazole rings is 1. The van der Waals surface area contributed by atoms with Gasteiger partial charge in [-0.05, 0) is 6.07 Å². The molecule has 1 amide bonds. The zero-order valence-corrected chi connectivity index (χ0v) is 14.5. The maximum Gasteiger partial charge on any atom is 0.219 e. The summed E-state index contributed by atoms with van der Waals surface area (Å²) in [6, 6.07) is 8.13. The van der Waals surface area contributed by atoms with Gasteiger partial charge in [-0.3, -0.25) is 9.69 Å². The molecule has 1 fully saturated rings. The highest BCUT2D eigenvalue weighted by atomic mass is 16.5. The Morgan fingerprint density at radius 1 is 1.33 bits per heavy atom. The van der Waals surface area contributed by atoms with Gasteiger partial charge in [0.05, 0.1) is 19.7 Å². The lowest BCUT2D eigenvalue weighted by Crippen LogP contribution is -2.49. The van der Waals surface area contributed by atoms with Crippen molar-refractivity contribution in [2.75, 3.05) is 26.7 Å². The Bertz CT molecular complexity index is 713. The smallest absolute Gasteiger partial charge is 0.219 e. The second-order valence-corrected chi connectivity index (χ2v) is 6.15. The topological polar surface area (TPSA) is 50.6 Å². The van der Waals surface area contributed by atoms with Crippen LogP contribution >= 0.6 is 0 Å². The number of rotatable bonds is 4. The van der Waals surface area contributed by atoms with E-state index >= 15 is 0 Å².